The van der Waals surface area contributed by atoms with Gasteiger partial charge in [0.25, 0.3) is 0 Å². The summed E-state index contributed by atoms with van der Waals surface area (Å²) in [5.41, 5.74) is 4.06. The quantitative estimate of drug-likeness (QED) is 0.416. The van der Waals surface area contributed by atoms with Gasteiger partial charge in [0.1, 0.15) is 5.76 Å². The van der Waals surface area contributed by atoms with Crippen LogP contribution in [0.15, 0.2) is 60.4 Å². The average molecular weight is 283 g/mol. The third kappa shape index (κ3) is 4.61. The second-order valence-electron chi connectivity index (χ2n) is 5.46. The fraction of sp³-hybridized carbons (Fsp3) is 0.368. The van der Waals surface area contributed by atoms with Crippen molar-refractivity contribution in [3.63, 3.8) is 0 Å². The lowest BCUT2D eigenvalue weighted by atomic mass is 10.1. The van der Waals surface area contributed by atoms with Gasteiger partial charge in [-0.1, -0.05) is 36.9 Å². The molecule has 0 bridgehead atoms. The molecule has 0 N–H and O–H groups in total. The number of rotatable bonds is 7. The van der Waals surface area contributed by atoms with E-state index in [1.165, 1.54) is 11.1 Å². The highest BCUT2D eigenvalue weighted by atomic mass is 16.5. The Morgan fingerprint density at radius 3 is 2.52 bits per heavy atom. The van der Waals surface area contributed by atoms with Crippen LogP contribution >= 0.6 is 0 Å². The molecule has 1 heterocycles. The van der Waals surface area contributed by atoms with Crippen molar-refractivity contribution in [2.75, 3.05) is 13.2 Å². The maximum atomic E-state index is 5.81. The third-order valence-corrected chi connectivity index (χ3v) is 3.77. The smallest absolute Gasteiger partial charge is 0.115 e. The van der Waals surface area contributed by atoms with Gasteiger partial charge < -0.3 is 4.74 Å². The topological polar surface area (TPSA) is 12.5 Å². The molecule has 0 fully saturated rings. The highest BCUT2D eigenvalue weighted by molar-refractivity contribution is 5.30. The van der Waals surface area contributed by atoms with E-state index in [0.717, 1.165) is 44.0 Å². The number of fused-ring (bicyclic) bond motifs is 1. The highest BCUT2D eigenvalue weighted by Gasteiger charge is 2.17. The molecule has 2 nitrogen and oxygen atoms in total. The van der Waals surface area contributed by atoms with Crippen LogP contribution in [0, 0.1) is 0 Å². The minimum absolute atomic E-state index is 0.757. The van der Waals surface area contributed by atoms with E-state index in [1.807, 2.05) is 32.1 Å². The Morgan fingerprint density at radius 1 is 1.29 bits per heavy atom. The summed E-state index contributed by atoms with van der Waals surface area (Å²) in [6.45, 7) is 11.8. The molecule has 0 atom stereocenters. The van der Waals surface area contributed by atoms with Gasteiger partial charge in [0, 0.05) is 19.6 Å². The molecule has 1 aromatic carbocycles. The van der Waals surface area contributed by atoms with Crippen molar-refractivity contribution in [1.82, 2.24) is 4.90 Å². The number of hydrogen-bond donors (Lipinski definition) is 0. The van der Waals surface area contributed by atoms with Crippen molar-refractivity contribution in [1.29, 1.82) is 0 Å². The minimum Gasteiger partial charge on any atom is -0.494 e. The summed E-state index contributed by atoms with van der Waals surface area (Å²) in [5.74, 6) is 0.928. The summed E-state index contributed by atoms with van der Waals surface area (Å²) in [5, 5.41) is 0. The number of allylic oxidation sites excluding steroid dienone is 4. The standard InChI is InChI=1S/C19H25NO/c1-4-16(3)13-19(5-2)21-12-8-11-20-14-17-9-6-7-10-18(17)15-20/h4-7,9-10,13H,1,8,11-12,14-15H2,2-3H3/b16-13-,19-5+. The van der Waals surface area contributed by atoms with Gasteiger partial charge in [-0.15, -0.1) is 0 Å². The molecule has 0 saturated heterocycles. The first-order valence-electron chi connectivity index (χ1n) is 7.62. The van der Waals surface area contributed by atoms with Crippen LogP contribution in [0.3, 0.4) is 0 Å². The molecule has 0 saturated carbocycles. The zero-order valence-electron chi connectivity index (χ0n) is 13.1. The maximum absolute atomic E-state index is 5.81. The molecule has 2 rings (SSSR count). The number of ether oxygens (including phenoxy) is 1. The summed E-state index contributed by atoms with van der Waals surface area (Å²) < 4.78 is 5.81. The fourth-order valence-electron chi connectivity index (χ4n) is 2.53. The molecule has 0 amide bonds. The van der Waals surface area contributed by atoms with Gasteiger partial charge in [-0.3, -0.25) is 4.90 Å². The first-order valence-corrected chi connectivity index (χ1v) is 7.62. The summed E-state index contributed by atoms with van der Waals surface area (Å²) >= 11 is 0. The normalized spacial score (nSPS) is 15.9. The predicted octanol–water partition coefficient (Wildman–Crippen LogP) is 4.45. The van der Waals surface area contributed by atoms with Crippen LogP contribution < -0.4 is 0 Å². The number of nitrogens with zero attached hydrogens (tertiary/aromatic N) is 1. The SMILES string of the molecule is C=C/C(C)=C\C(=C/C)OCCCN1Cc2ccccc2C1. The molecule has 1 aliphatic rings. The van der Waals surface area contributed by atoms with Gasteiger partial charge in [-0.05, 0) is 49.1 Å². The van der Waals surface area contributed by atoms with Gasteiger partial charge >= 0.3 is 0 Å². The van der Waals surface area contributed by atoms with Crippen LogP contribution in [0.1, 0.15) is 31.4 Å². The minimum atomic E-state index is 0.757. The van der Waals surface area contributed by atoms with Gasteiger partial charge in [0.05, 0.1) is 6.61 Å². The summed E-state index contributed by atoms with van der Waals surface area (Å²) in [6, 6.07) is 8.70. The van der Waals surface area contributed by atoms with E-state index in [9.17, 15) is 0 Å². The Bertz CT molecular complexity index is 517. The Hall–Kier alpha value is -1.80. The lowest BCUT2D eigenvalue weighted by molar-refractivity contribution is 0.190. The van der Waals surface area contributed by atoms with Gasteiger partial charge in [0.2, 0.25) is 0 Å². The van der Waals surface area contributed by atoms with Crippen LogP contribution in [0.25, 0.3) is 0 Å². The van der Waals surface area contributed by atoms with Gasteiger partial charge in [-0.25, -0.2) is 0 Å². The molecule has 0 spiro atoms. The van der Waals surface area contributed by atoms with Crippen LogP contribution in [0.2, 0.25) is 0 Å². The monoisotopic (exact) mass is 283 g/mol. The summed E-state index contributed by atoms with van der Waals surface area (Å²) in [6.07, 6.45) is 6.91. The van der Waals surface area contributed by atoms with E-state index >= 15 is 0 Å². The molecule has 0 aliphatic carbocycles. The van der Waals surface area contributed by atoms with Crippen molar-refractivity contribution in [3.05, 3.63) is 71.5 Å². The zero-order valence-corrected chi connectivity index (χ0v) is 13.1. The molecule has 0 unspecified atom stereocenters. The zero-order chi connectivity index (χ0) is 15.1. The van der Waals surface area contributed by atoms with E-state index in [2.05, 4.69) is 35.7 Å². The van der Waals surface area contributed by atoms with Crippen molar-refractivity contribution in [3.8, 4) is 0 Å². The highest BCUT2D eigenvalue weighted by Crippen LogP contribution is 2.22. The number of benzene rings is 1. The average Bonchev–Trinajstić information content (AvgIpc) is 2.92. The van der Waals surface area contributed by atoms with Crippen molar-refractivity contribution >= 4 is 0 Å². The molecular formula is C19H25NO. The van der Waals surface area contributed by atoms with Crippen LogP contribution in [0.4, 0.5) is 0 Å². The van der Waals surface area contributed by atoms with E-state index in [1.54, 1.807) is 0 Å². The van der Waals surface area contributed by atoms with Crippen LogP contribution in [-0.4, -0.2) is 18.1 Å². The van der Waals surface area contributed by atoms with Crippen molar-refractivity contribution in [2.24, 2.45) is 0 Å². The summed E-state index contributed by atoms with van der Waals surface area (Å²) in [4.78, 5) is 2.48. The van der Waals surface area contributed by atoms with Crippen LogP contribution in [-0.2, 0) is 17.8 Å². The first kappa shape index (κ1) is 15.6. The first-order chi connectivity index (χ1) is 10.2. The lowest BCUT2D eigenvalue weighted by Gasteiger charge is -2.15. The van der Waals surface area contributed by atoms with E-state index in [-0.39, 0.29) is 0 Å². The lowest BCUT2D eigenvalue weighted by Crippen LogP contribution is -2.18. The molecule has 0 radical (unpaired) electrons. The Labute approximate surface area is 128 Å². The van der Waals surface area contributed by atoms with E-state index < -0.39 is 0 Å². The molecule has 1 aromatic rings. The third-order valence-electron chi connectivity index (χ3n) is 3.77. The second kappa shape index (κ2) is 7.84. The number of hydrogen-bond acceptors (Lipinski definition) is 2. The molecule has 2 heteroatoms. The molecule has 112 valence electrons. The maximum Gasteiger partial charge on any atom is 0.115 e. The Morgan fingerprint density at radius 2 is 1.95 bits per heavy atom. The molecular weight excluding hydrogens is 258 g/mol. The Balaban J connectivity index is 1.70. The van der Waals surface area contributed by atoms with Crippen molar-refractivity contribution < 1.29 is 4.74 Å². The van der Waals surface area contributed by atoms with E-state index in [4.69, 9.17) is 4.74 Å². The van der Waals surface area contributed by atoms with Crippen LogP contribution in [0.5, 0.6) is 0 Å². The molecule has 21 heavy (non-hydrogen) atoms. The molecule has 0 aromatic heterocycles. The van der Waals surface area contributed by atoms with Gasteiger partial charge in [-0.2, -0.15) is 0 Å². The largest absolute Gasteiger partial charge is 0.494 e. The molecule has 1 aliphatic heterocycles. The van der Waals surface area contributed by atoms with Crippen molar-refractivity contribution in [2.45, 2.75) is 33.4 Å². The van der Waals surface area contributed by atoms with E-state index in [0.29, 0.717) is 0 Å². The summed E-state index contributed by atoms with van der Waals surface area (Å²) in [7, 11) is 0. The van der Waals surface area contributed by atoms with Gasteiger partial charge in [0.15, 0.2) is 0 Å². The predicted molar refractivity (Wildman–Crippen MR) is 88.8 cm³/mol. The Kier molecular flexibility index (Phi) is 5.82. The fourth-order valence-corrected chi connectivity index (χ4v) is 2.53. The second-order valence-corrected chi connectivity index (χ2v) is 5.46.